The third kappa shape index (κ3) is 5.53. The predicted molar refractivity (Wildman–Crippen MR) is 131 cm³/mol. The molecular weight excluding hydrogens is 473 g/mol. The van der Waals surface area contributed by atoms with Crippen LogP contribution in [-0.4, -0.2) is 28.5 Å². The first-order valence-electron chi connectivity index (χ1n) is 11.2. The number of hydrogen-bond donors (Lipinski definition) is 1. The first kappa shape index (κ1) is 24.9. The van der Waals surface area contributed by atoms with Crippen molar-refractivity contribution in [1.82, 2.24) is 10.2 Å². The molecular formula is C27H25F3N2O2S. The van der Waals surface area contributed by atoms with Crippen LogP contribution in [0.1, 0.15) is 51.0 Å². The van der Waals surface area contributed by atoms with Crippen LogP contribution in [-0.2, 0) is 11.0 Å². The van der Waals surface area contributed by atoms with Crippen LogP contribution in [0, 0.1) is 6.92 Å². The number of alkyl halides is 3. The summed E-state index contributed by atoms with van der Waals surface area (Å²) in [5.74, 6) is -0.312. The number of benzene rings is 3. The van der Waals surface area contributed by atoms with E-state index in [4.69, 9.17) is 0 Å². The summed E-state index contributed by atoms with van der Waals surface area (Å²) >= 11 is 1.37. The van der Waals surface area contributed by atoms with Crippen molar-refractivity contribution in [2.24, 2.45) is 0 Å². The largest absolute Gasteiger partial charge is 0.416 e. The fourth-order valence-corrected chi connectivity index (χ4v) is 5.46. The number of thioether (sulfide) groups is 1. The fraction of sp³-hybridized carbons (Fsp3) is 0.259. The maximum Gasteiger partial charge on any atom is 0.416 e. The van der Waals surface area contributed by atoms with Gasteiger partial charge in [0.05, 0.1) is 11.6 Å². The first-order chi connectivity index (χ1) is 16.6. The topological polar surface area (TPSA) is 49.4 Å². The van der Waals surface area contributed by atoms with Gasteiger partial charge >= 0.3 is 6.18 Å². The van der Waals surface area contributed by atoms with E-state index in [1.165, 1.54) is 28.8 Å². The van der Waals surface area contributed by atoms with Crippen LogP contribution in [0.4, 0.5) is 13.2 Å². The SMILES string of the molecule is Cc1ccc(C(=O)N2C(C(=O)NC(C)c3ccccc3)CSC2c2ccc(C(F)(F)F)cc2)cc1. The lowest BCUT2D eigenvalue weighted by molar-refractivity contribution is -0.137. The van der Waals surface area contributed by atoms with Crippen LogP contribution < -0.4 is 5.32 Å². The average molecular weight is 499 g/mol. The van der Waals surface area contributed by atoms with Crippen molar-refractivity contribution in [2.45, 2.75) is 37.5 Å². The Morgan fingerprint density at radius 1 is 0.971 bits per heavy atom. The molecule has 35 heavy (non-hydrogen) atoms. The lowest BCUT2D eigenvalue weighted by atomic mass is 10.1. The fourth-order valence-electron chi connectivity index (χ4n) is 4.03. The smallest absolute Gasteiger partial charge is 0.348 e. The molecule has 3 unspecified atom stereocenters. The van der Waals surface area contributed by atoms with E-state index in [-0.39, 0.29) is 17.9 Å². The average Bonchev–Trinajstić information content (AvgIpc) is 3.29. The van der Waals surface area contributed by atoms with Gasteiger partial charge in [0.25, 0.3) is 5.91 Å². The molecule has 0 aliphatic carbocycles. The summed E-state index contributed by atoms with van der Waals surface area (Å²) in [7, 11) is 0. The van der Waals surface area contributed by atoms with E-state index in [9.17, 15) is 22.8 Å². The summed E-state index contributed by atoms with van der Waals surface area (Å²) < 4.78 is 39.2. The highest BCUT2D eigenvalue weighted by Gasteiger charge is 2.43. The maximum atomic E-state index is 13.6. The van der Waals surface area contributed by atoms with Gasteiger partial charge in [0.2, 0.25) is 5.91 Å². The van der Waals surface area contributed by atoms with Crippen LogP contribution in [0.2, 0.25) is 0 Å². The number of halogens is 3. The second-order valence-electron chi connectivity index (χ2n) is 8.54. The molecule has 4 nitrogen and oxygen atoms in total. The van der Waals surface area contributed by atoms with E-state index in [0.29, 0.717) is 16.9 Å². The number of carbonyl (C=O) groups excluding carboxylic acids is 2. The molecule has 182 valence electrons. The Balaban J connectivity index is 1.63. The van der Waals surface area contributed by atoms with Gasteiger partial charge in [-0.25, -0.2) is 0 Å². The van der Waals surface area contributed by atoms with Gasteiger partial charge in [-0.2, -0.15) is 13.2 Å². The molecule has 1 fully saturated rings. The number of hydrogen-bond acceptors (Lipinski definition) is 3. The van der Waals surface area contributed by atoms with Gasteiger partial charge in [0.15, 0.2) is 0 Å². The number of amides is 2. The van der Waals surface area contributed by atoms with E-state index in [0.717, 1.165) is 23.3 Å². The van der Waals surface area contributed by atoms with E-state index >= 15 is 0 Å². The summed E-state index contributed by atoms with van der Waals surface area (Å²) in [6.45, 7) is 3.78. The highest BCUT2D eigenvalue weighted by atomic mass is 32.2. The first-order valence-corrected chi connectivity index (χ1v) is 12.2. The summed E-state index contributed by atoms with van der Waals surface area (Å²) in [6, 6.07) is 20.3. The number of nitrogens with one attached hydrogen (secondary N) is 1. The van der Waals surface area contributed by atoms with Gasteiger partial charge in [-0.05, 0) is 49.2 Å². The molecule has 2 amide bonds. The minimum absolute atomic E-state index is 0.268. The molecule has 8 heteroatoms. The summed E-state index contributed by atoms with van der Waals surface area (Å²) in [6.07, 6.45) is -4.45. The molecule has 3 atom stereocenters. The number of carbonyl (C=O) groups is 2. The minimum Gasteiger partial charge on any atom is -0.348 e. The number of aryl methyl sites for hydroxylation is 1. The monoisotopic (exact) mass is 498 g/mol. The van der Waals surface area contributed by atoms with Gasteiger partial charge in [-0.3, -0.25) is 9.59 Å². The third-order valence-electron chi connectivity index (χ3n) is 6.02. The van der Waals surface area contributed by atoms with Crippen LogP contribution in [0.3, 0.4) is 0 Å². The molecule has 3 aromatic rings. The van der Waals surface area contributed by atoms with Crippen molar-refractivity contribution >= 4 is 23.6 Å². The molecule has 4 rings (SSSR count). The quantitative estimate of drug-likeness (QED) is 0.459. The lowest BCUT2D eigenvalue weighted by Gasteiger charge is -2.30. The highest BCUT2D eigenvalue weighted by Crippen LogP contribution is 2.43. The molecule has 1 N–H and O–H groups in total. The Morgan fingerprint density at radius 3 is 2.20 bits per heavy atom. The molecule has 0 bridgehead atoms. The van der Waals surface area contributed by atoms with Gasteiger partial charge in [-0.15, -0.1) is 11.8 Å². The van der Waals surface area contributed by atoms with Crippen molar-refractivity contribution in [3.05, 3.63) is 107 Å². The molecule has 1 aliphatic rings. The summed E-state index contributed by atoms with van der Waals surface area (Å²) in [4.78, 5) is 28.4. The molecule has 1 aliphatic heterocycles. The predicted octanol–water partition coefficient (Wildman–Crippen LogP) is 6.15. The second-order valence-corrected chi connectivity index (χ2v) is 9.65. The normalized spacial score (nSPS) is 18.8. The molecule has 1 heterocycles. The Bertz CT molecular complexity index is 1180. The summed E-state index contributed by atoms with van der Waals surface area (Å²) in [5, 5.41) is 2.40. The van der Waals surface area contributed by atoms with Crippen molar-refractivity contribution in [1.29, 1.82) is 0 Å². The van der Waals surface area contributed by atoms with Crippen molar-refractivity contribution < 1.29 is 22.8 Å². The molecule has 0 saturated carbocycles. The van der Waals surface area contributed by atoms with E-state index < -0.39 is 23.2 Å². The van der Waals surface area contributed by atoms with Gasteiger partial charge in [0.1, 0.15) is 11.4 Å². The zero-order valence-corrected chi connectivity index (χ0v) is 20.1. The highest BCUT2D eigenvalue weighted by molar-refractivity contribution is 7.99. The van der Waals surface area contributed by atoms with Crippen LogP contribution in [0.5, 0.6) is 0 Å². The molecule has 0 spiro atoms. The molecule has 0 aromatic heterocycles. The Labute approximate surface area is 206 Å². The standard InChI is InChI=1S/C27H25F3N2O2S/c1-17-8-10-20(11-9-17)25(34)32-23(24(33)31-18(2)19-6-4-3-5-7-19)16-35-26(32)21-12-14-22(15-13-21)27(28,29)30/h3-15,18,23,26H,16H2,1-2H3,(H,31,33). The number of rotatable bonds is 5. The minimum atomic E-state index is -4.45. The zero-order chi connectivity index (χ0) is 25.2. The van der Waals surface area contributed by atoms with Gasteiger partial charge in [0, 0.05) is 11.3 Å². The van der Waals surface area contributed by atoms with Crippen molar-refractivity contribution in [2.75, 3.05) is 5.75 Å². The van der Waals surface area contributed by atoms with Crippen LogP contribution in [0.25, 0.3) is 0 Å². The molecule has 3 aromatic carbocycles. The Kier molecular flexibility index (Phi) is 7.21. The zero-order valence-electron chi connectivity index (χ0n) is 19.3. The van der Waals surface area contributed by atoms with Crippen molar-refractivity contribution in [3.8, 4) is 0 Å². The maximum absolute atomic E-state index is 13.6. The van der Waals surface area contributed by atoms with Crippen LogP contribution in [0.15, 0.2) is 78.9 Å². The van der Waals surface area contributed by atoms with E-state index in [1.807, 2.05) is 56.3 Å². The van der Waals surface area contributed by atoms with Gasteiger partial charge < -0.3 is 10.2 Å². The van der Waals surface area contributed by atoms with Crippen molar-refractivity contribution in [3.63, 3.8) is 0 Å². The second kappa shape index (κ2) is 10.2. The lowest BCUT2D eigenvalue weighted by Crippen LogP contribution is -2.48. The van der Waals surface area contributed by atoms with Gasteiger partial charge in [-0.1, -0.05) is 60.2 Å². The Morgan fingerprint density at radius 2 is 1.60 bits per heavy atom. The van der Waals surface area contributed by atoms with Crippen LogP contribution >= 0.6 is 11.8 Å². The summed E-state index contributed by atoms with van der Waals surface area (Å²) in [5.41, 5.74) is 2.12. The molecule has 1 saturated heterocycles. The number of nitrogens with zero attached hydrogens (tertiary/aromatic N) is 1. The Hall–Kier alpha value is -3.26. The van der Waals surface area contributed by atoms with E-state index in [1.54, 1.807) is 12.1 Å². The third-order valence-corrected chi connectivity index (χ3v) is 7.34. The van der Waals surface area contributed by atoms with E-state index in [2.05, 4.69) is 5.32 Å². The molecule has 0 radical (unpaired) electrons.